The first-order valence-electron chi connectivity index (χ1n) is 18.2. The predicted octanol–water partition coefficient (Wildman–Crippen LogP) is 11.6. The Kier molecular flexibility index (Phi) is 8.20. The maximum atomic E-state index is 2.86. The zero-order chi connectivity index (χ0) is 35.0. The molecule has 0 aromatic heterocycles. The molecule has 6 aromatic rings. The average Bonchev–Trinajstić information content (AvgIpc) is 3.64. The molecule has 2 aliphatic carbocycles. The Morgan fingerprint density at radius 1 is 0.480 bits per heavy atom. The minimum atomic E-state index is -4.43. The molecule has 50 heavy (non-hydrogen) atoms. The Morgan fingerprint density at radius 2 is 0.880 bits per heavy atom. The molecule has 4 heteroatoms. The summed E-state index contributed by atoms with van der Waals surface area (Å²) in [5.41, 5.74) is 14.3. The minimum absolute atomic E-state index is 0.382. The van der Waals surface area contributed by atoms with Gasteiger partial charge in [-0.3, -0.25) is 0 Å². The van der Waals surface area contributed by atoms with Crippen molar-refractivity contribution in [3.05, 3.63) is 155 Å². The molecule has 2 aliphatic rings. The van der Waals surface area contributed by atoms with Crippen molar-refractivity contribution in [2.75, 3.05) is 28.2 Å². The van der Waals surface area contributed by atoms with E-state index in [1.54, 1.807) is 0 Å². The summed E-state index contributed by atoms with van der Waals surface area (Å²) in [6.45, 7) is 10.3. The van der Waals surface area contributed by atoms with Crippen molar-refractivity contribution in [1.29, 1.82) is 0 Å². The van der Waals surface area contributed by atoms with Crippen molar-refractivity contribution < 1.29 is 18.5 Å². The molecule has 251 valence electrons. The van der Waals surface area contributed by atoms with E-state index >= 15 is 0 Å². The molecule has 0 fully saturated rings. The van der Waals surface area contributed by atoms with Crippen LogP contribution in [0.1, 0.15) is 43.4 Å². The molecule has 0 saturated carbocycles. The summed E-state index contributed by atoms with van der Waals surface area (Å²) < 4.78 is 6.48. The Bertz CT molecular complexity index is 2200. The molecule has 0 bridgehead atoms. The number of hydrogen-bond donors (Lipinski definition) is 0. The quantitative estimate of drug-likeness (QED) is 0.150. The summed E-state index contributed by atoms with van der Waals surface area (Å²) in [5, 5.41) is 5.17. The van der Waals surface area contributed by atoms with Gasteiger partial charge in [0.2, 0.25) is 0 Å². The van der Waals surface area contributed by atoms with E-state index in [0.29, 0.717) is 7.25 Å². The molecule has 2 atom stereocenters. The summed E-state index contributed by atoms with van der Waals surface area (Å²) in [6, 6.07) is 45.8. The van der Waals surface area contributed by atoms with Crippen LogP contribution >= 0.6 is 0 Å². The second kappa shape index (κ2) is 12.2. The van der Waals surface area contributed by atoms with Gasteiger partial charge in [-0.15, -0.1) is 0 Å². The van der Waals surface area contributed by atoms with Gasteiger partial charge in [0.1, 0.15) is 0 Å². The number of rotatable bonds is 7. The number of allylic oxidation sites excluding steroid dienone is 2. The molecule has 0 aliphatic heterocycles. The Hall–Kier alpha value is -3.66. The van der Waals surface area contributed by atoms with Crippen LogP contribution in [-0.4, -0.2) is 39.8 Å². The molecule has 0 N–H and O–H groups in total. The third-order valence-electron chi connectivity index (χ3n) is 13.0. The van der Waals surface area contributed by atoms with E-state index in [1.165, 1.54) is 77.2 Å². The fourth-order valence-corrected chi connectivity index (χ4v) is 62.1. The summed E-state index contributed by atoms with van der Waals surface area (Å²) in [6.07, 6.45) is 5.14. The molecule has 2 nitrogen and oxygen atoms in total. The summed E-state index contributed by atoms with van der Waals surface area (Å²) >= 11 is -4.43. The summed E-state index contributed by atoms with van der Waals surface area (Å²) in [7, 11) is 9.81. The summed E-state index contributed by atoms with van der Waals surface area (Å²) in [4.78, 5) is 0. The van der Waals surface area contributed by atoms with Crippen LogP contribution in [0.25, 0.3) is 56.0 Å². The zero-order valence-electron chi connectivity index (χ0n) is 30.8. The fourth-order valence-electron chi connectivity index (χ4n) is 11.2. The van der Waals surface area contributed by atoms with E-state index < -0.39 is 24.4 Å². The van der Waals surface area contributed by atoms with Gasteiger partial charge in [0, 0.05) is 0 Å². The van der Waals surface area contributed by atoms with Crippen LogP contribution in [0.5, 0.6) is 0 Å². The van der Waals surface area contributed by atoms with E-state index in [2.05, 4.69) is 194 Å². The van der Waals surface area contributed by atoms with Crippen LogP contribution in [0, 0.1) is 0 Å². The van der Waals surface area contributed by atoms with Crippen LogP contribution in [0.2, 0.25) is 13.1 Å². The fraction of sp³-hybridized carbons (Fsp3) is 0.217. The monoisotopic (exact) mass is 747 g/mol. The number of fused-ring (bicyclic) bond motifs is 4. The van der Waals surface area contributed by atoms with Gasteiger partial charge >= 0.3 is 303 Å². The van der Waals surface area contributed by atoms with Crippen LogP contribution in [0.4, 0.5) is 0 Å². The Morgan fingerprint density at radius 3 is 1.26 bits per heavy atom. The van der Waals surface area contributed by atoms with Gasteiger partial charge in [-0.1, -0.05) is 0 Å². The van der Waals surface area contributed by atoms with Gasteiger partial charge in [0.05, 0.1) is 0 Å². The van der Waals surface area contributed by atoms with E-state index in [-0.39, 0.29) is 0 Å². The van der Waals surface area contributed by atoms with E-state index in [1.807, 2.05) is 0 Å². The molecule has 2 unspecified atom stereocenters. The molecular weight excluding hydrogens is 700 g/mol. The SMILES string of the molecule is CC1=Cc2c(-c3ccc4ccccc4c3)cccc2[CH]1[Zr]([CH]1C(C)=Cc2c(-c3ccc4ccccc4c3)cccc21)([N](C)C)([N](C)C)[SiH](C)C. The molecule has 6 aromatic carbocycles. The van der Waals surface area contributed by atoms with E-state index in [0.717, 1.165) is 0 Å². The van der Waals surface area contributed by atoms with Gasteiger partial charge in [-0.05, 0) is 0 Å². The molecule has 0 radical (unpaired) electrons. The zero-order valence-corrected chi connectivity index (χ0v) is 34.4. The van der Waals surface area contributed by atoms with E-state index in [4.69, 9.17) is 0 Å². The summed E-state index contributed by atoms with van der Waals surface area (Å²) in [5.74, 6) is -1.44. The standard InChI is InChI=1S/2C20H15.2C2H6N.C2H7Si.Zr/c2*1-14-11-17-7-4-8-19(20(17)12-14)18-10-9-15-5-2-3-6-16(15)13-18;3*1-3-2;/h2*2-13H,1H3;2*1-2H3;3H,1-2H3;/q;;2*-1;;+2. The van der Waals surface area contributed by atoms with E-state index in [9.17, 15) is 0 Å². The Balaban J connectivity index is 1.37. The van der Waals surface area contributed by atoms with Crippen LogP contribution in [0.3, 0.4) is 0 Å². The second-order valence-electron chi connectivity index (χ2n) is 15.7. The average molecular weight is 749 g/mol. The van der Waals surface area contributed by atoms with Crippen molar-refractivity contribution >= 4 is 39.6 Å². The van der Waals surface area contributed by atoms with Crippen molar-refractivity contribution in [2.45, 2.75) is 34.2 Å². The predicted molar refractivity (Wildman–Crippen MR) is 218 cm³/mol. The van der Waals surface area contributed by atoms with Gasteiger partial charge in [-0.2, -0.15) is 0 Å². The molecule has 0 amide bonds. The second-order valence-corrected chi connectivity index (χ2v) is 47.5. The van der Waals surface area contributed by atoms with Crippen molar-refractivity contribution in [2.24, 2.45) is 0 Å². The van der Waals surface area contributed by atoms with Crippen molar-refractivity contribution in [1.82, 2.24) is 5.69 Å². The molecule has 0 heterocycles. The van der Waals surface area contributed by atoms with Crippen molar-refractivity contribution in [3.8, 4) is 22.3 Å². The van der Waals surface area contributed by atoms with Crippen LogP contribution in [0.15, 0.2) is 132 Å². The van der Waals surface area contributed by atoms with Gasteiger partial charge in [0.15, 0.2) is 0 Å². The number of nitrogens with zero attached hydrogens (tertiary/aromatic N) is 2. The number of benzene rings is 6. The molecule has 0 spiro atoms. The topological polar surface area (TPSA) is 6.48 Å². The molecular formula is C46H49N2SiZr. The third-order valence-corrected chi connectivity index (χ3v) is 62.0. The van der Waals surface area contributed by atoms with Crippen molar-refractivity contribution in [3.63, 3.8) is 0 Å². The van der Waals surface area contributed by atoms with Gasteiger partial charge < -0.3 is 0 Å². The van der Waals surface area contributed by atoms with Crippen LogP contribution in [-0.2, 0) is 18.5 Å². The number of hydrogen-bond acceptors (Lipinski definition) is 2. The Labute approximate surface area is 301 Å². The first kappa shape index (κ1) is 33.5. The van der Waals surface area contributed by atoms with Crippen LogP contribution < -0.4 is 0 Å². The first-order chi connectivity index (χ1) is 24.1. The maximum absolute atomic E-state index is 4.43. The van der Waals surface area contributed by atoms with Gasteiger partial charge in [0.25, 0.3) is 0 Å². The first-order valence-corrected chi connectivity index (χ1v) is 30.4. The third kappa shape index (κ3) is 4.48. The van der Waals surface area contributed by atoms with Gasteiger partial charge in [-0.25, -0.2) is 0 Å². The molecule has 8 rings (SSSR count). The molecule has 0 saturated heterocycles. The normalized spacial score (nSPS) is 18.0.